The van der Waals surface area contributed by atoms with E-state index in [-0.39, 0.29) is 5.91 Å². The van der Waals surface area contributed by atoms with E-state index in [9.17, 15) is 4.79 Å². The topological polar surface area (TPSA) is 50.5 Å². The lowest BCUT2D eigenvalue weighted by Crippen LogP contribution is -2.33. The highest BCUT2D eigenvalue weighted by Crippen LogP contribution is 2.20. The van der Waals surface area contributed by atoms with Crippen molar-refractivity contribution in [2.24, 2.45) is 4.99 Å². The highest BCUT2D eigenvalue weighted by molar-refractivity contribution is 6.30. The zero-order valence-electron chi connectivity index (χ0n) is 16.8. The molecule has 2 heterocycles. The maximum Gasteiger partial charge on any atom is 0.257 e. The van der Waals surface area contributed by atoms with Gasteiger partial charge in [0, 0.05) is 30.9 Å². The molecule has 0 unspecified atom stereocenters. The molecule has 30 heavy (non-hydrogen) atoms. The summed E-state index contributed by atoms with van der Waals surface area (Å²) in [4.78, 5) is 19.7. The van der Waals surface area contributed by atoms with E-state index in [1.54, 1.807) is 10.9 Å². The van der Waals surface area contributed by atoms with E-state index in [4.69, 9.17) is 11.6 Å². The van der Waals surface area contributed by atoms with Gasteiger partial charge in [-0.25, -0.2) is 4.68 Å². The average molecular weight is 419 g/mol. The lowest BCUT2D eigenvalue weighted by atomic mass is 10.1. The molecule has 0 N–H and O–H groups in total. The third-order valence-corrected chi connectivity index (χ3v) is 5.36. The van der Waals surface area contributed by atoms with E-state index >= 15 is 0 Å². The molecule has 152 valence electrons. The van der Waals surface area contributed by atoms with E-state index in [0.29, 0.717) is 23.7 Å². The molecule has 0 spiro atoms. The molecule has 0 saturated heterocycles. The lowest BCUT2D eigenvalue weighted by Gasteiger charge is -2.24. The molecular formula is C24H23ClN4O. The summed E-state index contributed by atoms with van der Waals surface area (Å²) in [5, 5.41) is 5.12. The number of nitrogens with zero attached hydrogens (tertiary/aromatic N) is 4. The minimum absolute atomic E-state index is 0.0450. The average Bonchev–Trinajstić information content (AvgIpc) is 3.16. The van der Waals surface area contributed by atoms with Crippen molar-refractivity contribution in [3.8, 4) is 5.69 Å². The van der Waals surface area contributed by atoms with Crippen LogP contribution in [-0.4, -0.2) is 39.9 Å². The Morgan fingerprint density at radius 3 is 2.57 bits per heavy atom. The molecule has 0 radical (unpaired) electrons. The highest BCUT2D eigenvalue weighted by Gasteiger charge is 2.22. The first-order valence-electron chi connectivity index (χ1n) is 9.94. The van der Waals surface area contributed by atoms with Crippen molar-refractivity contribution >= 4 is 23.7 Å². The summed E-state index contributed by atoms with van der Waals surface area (Å²) in [5.74, 6) is -0.0450. The Bertz CT molecular complexity index is 1080. The quantitative estimate of drug-likeness (QED) is 0.573. The van der Waals surface area contributed by atoms with Crippen LogP contribution in [0.3, 0.4) is 0 Å². The minimum Gasteiger partial charge on any atom is -0.330 e. The lowest BCUT2D eigenvalue weighted by molar-refractivity contribution is 0.0759. The van der Waals surface area contributed by atoms with E-state index in [1.165, 1.54) is 0 Å². The van der Waals surface area contributed by atoms with Crippen molar-refractivity contribution in [2.75, 3.05) is 13.1 Å². The van der Waals surface area contributed by atoms with Gasteiger partial charge in [0.15, 0.2) is 0 Å². The van der Waals surface area contributed by atoms with E-state index in [0.717, 1.165) is 35.5 Å². The minimum atomic E-state index is -0.0450. The molecule has 5 nitrogen and oxygen atoms in total. The normalized spacial score (nSPS) is 13.2. The van der Waals surface area contributed by atoms with Gasteiger partial charge >= 0.3 is 0 Å². The van der Waals surface area contributed by atoms with Crippen LogP contribution in [0.25, 0.3) is 5.69 Å². The molecular weight excluding hydrogens is 396 g/mol. The van der Waals surface area contributed by atoms with Gasteiger partial charge in [-0.2, -0.15) is 5.10 Å². The number of rotatable bonds is 6. The van der Waals surface area contributed by atoms with E-state index < -0.39 is 0 Å². The Morgan fingerprint density at radius 2 is 1.87 bits per heavy atom. The van der Waals surface area contributed by atoms with Gasteiger partial charge in [0.25, 0.3) is 5.91 Å². The first kappa shape index (κ1) is 20.1. The molecule has 0 bridgehead atoms. The van der Waals surface area contributed by atoms with Crippen molar-refractivity contribution in [1.82, 2.24) is 14.7 Å². The smallest absolute Gasteiger partial charge is 0.257 e. The summed E-state index contributed by atoms with van der Waals surface area (Å²) in [6, 6.07) is 17.4. The Hall–Kier alpha value is -3.18. The molecule has 1 aliphatic heterocycles. The number of dihydropyridines is 1. The second-order valence-corrected chi connectivity index (χ2v) is 7.72. The molecule has 0 aliphatic carbocycles. The van der Waals surface area contributed by atoms with Gasteiger partial charge in [0.1, 0.15) is 0 Å². The van der Waals surface area contributed by atoms with Crippen LogP contribution in [0.1, 0.15) is 28.0 Å². The first-order chi connectivity index (χ1) is 14.6. The maximum absolute atomic E-state index is 13.5. The summed E-state index contributed by atoms with van der Waals surface area (Å²) < 4.78 is 1.77. The van der Waals surface area contributed by atoms with Gasteiger partial charge in [-0.05, 0) is 48.7 Å². The predicted molar refractivity (Wildman–Crippen MR) is 121 cm³/mol. The summed E-state index contributed by atoms with van der Waals surface area (Å²) in [6.45, 7) is 3.76. The SMILES string of the molecule is Cc1c(C(=O)N(CC2=CCCN=C2)Cc2ccccc2)cnn1-c1ccc(Cl)cc1. The zero-order valence-corrected chi connectivity index (χ0v) is 17.6. The van der Waals surface area contributed by atoms with Crippen LogP contribution in [0.2, 0.25) is 5.02 Å². The number of aromatic nitrogens is 2. The van der Waals surface area contributed by atoms with Crippen LogP contribution in [0.5, 0.6) is 0 Å². The third kappa shape index (κ3) is 4.52. The third-order valence-electron chi connectivity index (χ3n) is 5.11. The fourth-order valence-corrected chi connectivity index (χ4v) is 3.65. The summed E-state index contributed by atoms with van der Waals surface area (Å²) in [7, 11) is 0. The second kappa shape index (κ2) is 9.09. The first-order valence-corrected chi connectivity index (χ1v) is 10.3. The Labute approximate surface area is 181 Å². The van der Waals surface area contributed by atoms with Crippen LogP contribution in [-0.2, 0) is 6.54 Å². The van der Waals surface area contributed by atoms with Crippen LogP contribution in [0.15, 0.2) is 77.4 Å². The van der Waals surface area contributed by atoms with Crippen LogP contribution in [0.4, 0.5) is 0 Å². The molecule has 2 aromatic carbocycles. The van der Waals surface area contributed by atoms with Crippen LogP contribution in [0, 0.1) is 6.92 Å². The Balaban J connectivity index is 1.63. The molecule has 1 aliphatic rings. The van der Waals surface area contributed by atoms with Crippen molar-refractivity contribution in [2.45, 2.75) is 19.9 Å². The van der Waals surface area contributed by atoms with Crippen molar-refractivity contribution < 1.29 is 4.79 Å². The van der Waals surface area contributed by atoms with Crippen LogP contribution < -0.4 is 0 Å². The zero-order chi connectivity index (χ0) is 20.9. The standard InChI is InChI=1S/C24H23ClN4O/c1-18-23(15-27-29(18)22-11-9-21(25)10-12-22)24(30)28(16-19-6-3-2-4-7-19)17-20-8-5-13-26-14-20/h2-4,6-12,14-15H,5,13,16-17H2,1H3. The molecule has 1 aromatic heterocycles. The summed E-state index contributed by atoms with van der Waals surface area (Å²) >= 11 is 6.00. The second-order valence-electron chi connectivity index (χ2n) is 7.28. The molecule has 1 amide bonds. The van der Waals surface area contributed by atoms with Gasteiger partial charge < -0.3 is 4.90 Å². The predicted octanol–water partition coefficient (Wildman–Crippen LogP) is 4.88. The molecule has 4 rings (SSSR count). The van der Waals surface area contributed by atoms with E-state index in [1.807, 2.05) is 72.6 Å². The molecule has 3 aromatic rings. The Kier molecular flexibility index (Phi) is 6.10. The van der Waals surface area contributed by atoms with Gasteiger partial charge in [-0.15, -0.1) is 0 Å². The number of halogens is 1. The summed E-state index contributed by atoms with van der Waals surface area (Å²) in [6.07, 6.45) is 6.58. The van der Waals surface area contributed by atoms with Gasteiger partial charge in [0.05, 0.1) is 23.1 Å². The number of aliphatic imine (C=N–C) groups is 1. The molecule has 0 fully saturated rings. The molecule has 6 heteroatoms. The molecule has 0 saturated carbocycles. The number of carbonyl (C=O) groups excluding carboxylic acids is 1. The number of amides is 1. The number of benzene rings is 2. The van der Waals surface area contributed by atoms with E-state index in [2.05, 4.69) is 16.2 Å². The Morgan fingerprint density at radius 1 is 1.10 bits per heavy atom. The van der Waals surface area contributed by atoms with Gasteiger partial charge in [0.2, 0.25) is 0 Å². The summed E-state index contributed by atoms with van der Waals surface area (Å²) in [5.41, 5.74) is 4.41. The maximum atomic E-state index is 13.5. The van der Waals surface area contributed by atoms with Crippen LogP contribution >= 0.6 is 11.6 Å². The fraction of sp³-hybridized carbons (Fsp3) is 0.208. The largest absolute Gasteiger partial charge is 0.330 e. The number of carbonyl (C=O) groups is 1. The van der Waals surface area contributed by atoms with Crippen molar-refractivity contribution in [3.63, 3.8) is 0 Å². The number of hydrogen-bond donors (Lipinski definition) is 0. The van der Waals surface area contributed by atoms with Gasteiger partial charge in [-0.1, -0.05) is 48.0 Å². The van der Waals surface area contributed by atoms with Gasteiger partial charge in [-0.3, -0.25) is 9.79 Å². The fourth-order valence-electron chi connectivity index (χ4n) is 3.52. The van der Waals surface area contributed by atoms with Crippen molar-refractivity contribution in [1.29, 1.82) is 0 Å². The highest BCUT2D eigenvalue weighted by atomic mass is 35.5. The number of hydrogen-bond acceptors (Lipinski definition) is 3. The molecule has 0 atom stereocenters. The van der Waals surface area contributed by atoms with Crippen molar-refractivity contribution in [3.05, 3.63) is 94.3 Å². The monoisotopic (exact) mass is 418 g/mol.